The van der Waals surface area contributed by atoms with Crippen molar-refractivity contribution in [2.75, 3.05) is 18.0 Å². The second-order valence-electron chi connectivity index (χ2n) is 6.41. The van der Waals surface area contributed by atoms with Crippen LogP contribution in [0.1, 0.15) is 45.4 Å². The van der Waals surface area contributed by atoms with E-state index in [1.54, 1.807) is 12.4 Å². The zero-order valence-corrected chi connectivity index (χ0v) is 15.7. The van der Waals surface area contributed by atoms with Crippen molar-refractivity contribution >= 4 is 21.9 Å². The van der Waals surface area contributed by atoms with E-state index in [2.05, 4.69) is 61.7 Å². The number of anilines is 1. The number of hydrogen-bond donors (Lipinski definition) is 0. The van der Waals surface area contributed by atoms with E-state index in [0.29, 0.717) is 22.4 Å². The predicted octanol–water partition coefficient (Wildman–Crippen LogP) is 3.43. The summed E-state index contributed by atoms with van der Waals surface area (Å²) >= 11 is 3.27. The van der Waals surface area contributed by atoms with Crippen LogP contribution in [0.3, 0.4) is 0 Å². The number of nitrogens with zero attached hydrogens (tertiary/aromatic N) is 5. The van der Waals surface area contributed by atoms with Gasteiger partial charge in [0.2, 0.25) is 5.88 Å². The molecular formula is C16H22BrN5O2. The van der Waals surface area contributed by atoms with Gasteiger partial charge in [0.15, 0.2) is 5.82 Å². The van der Waals surface area contributed by atoms with Crippen molar-refractivity contribution in [1.82, 2.24) is 20.1 Å². The van der Waals surface area contributed by atoms with Crippen molar-refractivity contribution in [3.8, 4) is 5.88 Å². The van der Waals surface area contributed by atoms with Gasteiger partial charge in [0.1, 0.15) is 10.7 Å². The van der Waals surface area contributed by atoms with E-state index < -0.39 is 0 Å². The minimum absolute atomic E-state index is 0.0940. The summed E-state index contributed by atoms with van der Waals surface area (Å²) in [5.41, 5.74) is 0. The van der Waals surface area contributed by atoms with E-state index in [1.165, 1.54) is 0 Å². The van der Waals surface area contributed by atoms with Gasteiger partial charge >= 0.3 is 6.01 Å². The molecule has 2 aromatic heterocycles. The first-order valence-electron chi connectivity index (χ1n) is 8.25. The second-order valence-corrected chi connectivity index (χ2v) is 7.23. The SMILES string of the molecule is CC(C)c1noc(N2CCC(C(C)Oc3cnc(Br)cn3)CC2)n1. The van der Waals surface area contributed by atoms with Gasteiger partial charge in [0.25, 0.3) is 0 Å². The third-order valence-corrected chi connectivity index (χ3v) is 4.73. The normalized spacial score (nSPS) is 17.3. The summed E-state index contributed by atoms with van der Waals surface area (Å²) in [4.78, 5) is 15.0. The molecule has 0 bridgehead atoms. The maximum absolute atomic E-state index is 5.92. The molecule has 1 unspecified atom stereocenters. The van der Waals surface area contributed by atoms with Crippen molar-refractivity contribution in [3.05, 3.63) is 22.8 Å². The Labute approximate surface area is 149 Å². The van der Waals surface area contributed by atoms with Gasteiger partial charge in [-0.15, -0.1) is 0 Å². The lowest BCUT2D eigenvalue weighted by Gasteiger charge is -2.33. The number of aromatic nitrogens is 4. The molecule has 24 heavy (non-hydrogen) atoms. The minimum Gasteiger partial charge on any atom is -0.473 e. The van der Waals surface area contributed by atoms with E-state index >= 15 is 0 Å². The largest absolute Gasteiger partial charge is 0.473 e. The van der Waals surface area contributed by atoms with Crippen LogP contribution in [0.15, 0.2) is 21.5 Å². The number of ether oxygens (including phenoxy) is 1. The molecule has 8 heteroatoms. The van der Waals surface area contributed by atoms with Gasteiger partial charge in [0.05, 0.1) is 12.4 Å². The molecule has 3 heterocycles. The smallest absolute Gasteiger partial charge is 0.324 e. The van der Waals surface area contributed by atoms with Crippen LogP contribution in [0.25, 0.3) is 0 Å². The standard InChI is InChI=1S/C16H22BrN5O2/c1-10(2)15-20-16(24-21-15)22-6-4-12(5-7-22)11(3)23-14-9-18-13(17)8-19-14/h8-12H,4-7H2,1-3H3. The molecule has 0 aromatic carbocycles. The van der Waals surface area contributed by atoms with E-state index in [0.717, 1.165) is 31.8 Å². The molecule has 2 aromatic rings. The molecule has 1 atom stereocenters. The average Bonchev–Trinajstić information content (AvgIpc) is 3.07. The fourth-order valence-electron chi connectivity index (χ4n) is 2.80. The minimum atomic E-state index is 0.0940. The van der Waals surface area contributed by atoms with Crippen molar-refractivity contribution in [3.63, 3.8) is 0 Å². The quantitative estimate of drug-likeness (QED) is 0.766. The first-order valence-corrected chi connectivity index (χ1v) is 9.05. The Bertz CT molecular complexity index is 653. The van der Waals surface area contributed by atoms with Gasteiger partial charge in [0, 0.05) is 19.0 Å². The van der Waals surface area contributed by atoms with Crippen LogP contribution >= 0.6 is 15.9 Å². The summed E-state index contributed by atoms with van der Waals surface area (Å²) < 4.78 is 12.0. The molecule has 0 radical (unpaired) electrons. The zero-order valence-electron chi connectivity index (χ0n) is 14.1. The lowest BCUT2D eigenvalue weighted by atomic mass is 9.92. The lowest BCUT2D eigenvalue weighted by Crippen LogP contribution is -2.39. The van der Waals surface area contributed by atoms with Gasteiger partial charge < -0.3 is 14.2 Å². The van der Waals surface area contributed by atoms with Gasteiger partial charge in [-0.2, -0.15) is 4.98 Å². The molecule has 7 nitrogen and oxygen atoms in total. The van der Waals surface area contributed by atoms with Crippen LogP contribution in [-0.4, -0.2) is 39.3 Å². The summed E-state index contributed by atoms with van der Waals surface area (Å²) in [6, 6.07) is 0.629. The molecule has 1 aliphatic rings. The highest BCUT2D eigenvalue weighted by molar-refractivity contribution is 9.10. The zero-order chi connectivity index (χ0) is 17.1. The summed E-state index contributed by atoms with van der Waals surface area (Å²) in [5, 5.41) is 4.04. The first-order chi connectivity index (χ1) is 11.5. The monoisotopic (exact) mass is 395 g/mol. The Hall–Kier alpha value is -1.70. The second kappa shape index (κ2) is 7.46. The third-order valence-electron chi connectivity index (χ3n) is 4.32. The summed E-state index contributed by atoms with van der Waals surface area (Å²) in [6.45, 7) is 8.00. The Morgan fingerprint density at radius 2 is 1.96 bits per heavy atom. The van der Waals surface area contributed by atoms with Crippen LogP contribution < -0.4 is 9.64 Å². The van der Waals surface area contributed by atoms with Crippen LogP contribution in [0.4, 0.5) is 6.01 Å². The number of rotatable bonds is 5. The van der Waals surface area contributed by atoms with Crippen LogP contribution in [-0.2, 0) is 0 Å². The first kappa shape index (κ1) is 17.1. The predicted molar refractivity (Wildman–Crippen MR) is 93.1 cm³/mol. The van der Waals surface area contributed by atoms with E-state index in [4.69, 9.17) is 9.26 Å². The van der Waals surface area contributed by atoms with E-state index in [1.807, 2.05) is 0 Å². The molecule has 0 amide bonds. The lowest BCUT2D eigenvalue weighted by molar-refractivity contribution is 0.126. The van der Waals surface area contributed by atoms with E-state index in [-0.39, 0.29) is 12.0 Å². The maximum Gasteiger partial charge on any atom is 0.324 e. The highest BCUT2D eigenvalue weighted by Gasteiger charge is 2.28. The highest BCUT2D eigenvalue weighted by Crippen LogP contribution is 2.27. The van der Waals surface area contributed by atoms with Crippen LogP contribution in [0.2, 0.25) is 0 Å². The summed E-state index contributed by atoms with van der Waals surface area (Å²) in [6.07, 6.45) is 5.42. The Kier molecular flexibility index (Phi) is 5.33. The topological polar surface area (TPSA) is 77.2 Å². The van der Waals surface area contributed by atoms with Gasteiger partial charge in [-0.3, -0.25) is 0 Å². The molecule has 1 fully saturated rings. The molecule has 0 N–H and O–H groups in total. The number of halogens is 1. The molecule has 0 spiro atoms. The van der Waals surface area contributed by atoms with Gasteiger partial charge in [-0.05, 0) is 41.6 Å². The number of piperidine rings is 1. The Morgan fingerprint density at radius 1 is 1.21 bits per heavy atom. The summed E-state index contributed by atoms with van der Waals surface area (Å²) in [7, 11) is 0. The molecule has 0 aliphatic carbocycles. The molecule has 3 rings (SSSR count). The van der Waals surface area contributed by atoms with Crippen molar-refractivity contribution in [1.29, 1.82) is 0 Å². The number of hydrogen-bond acceptors (Lipinski definition) is 7. The Balaban J connectivity index is 1.53. The fourth-order valence-corrected chi connectivity index (χ4v) is 3.00. The molecule has 0 saturated carbocycles. The Morgan fingerprint density at radius 3 is 2.54 bits per heavy atom. The van der Waals surface area contributed by atoms with Gasteiger partial charge in [-0.1, -0.05) is 19.0 Å². The highest BCUT2D eigenvalue weighted by atomic mass is 79.9. The summed E-state index contributed by atoms with van der Waals surface area (Å²) in [5.74, 6) is 2.07. The van der Waals surface area contributed by atoms with Crippen molar-refractivity contribution in [2.24, 2.45) is 5.92 Å². The maximum atomic E-state index is 5.92. The average molecular weight is 396 g/mol. The van der Waals surface area contributed by atoms with Crippen molar-refractivity contribution in [2.45, 2.75) is 45.6 Å². The molecule has 1 aliphatic heterocycles. The molecule has 1 saturated heterocycles. The van der Waals surface area contributed by atoms with E-state index in [9.17, 15) is 0 Å². The van der Waals surface area contributed by atoms with Crippen LogP contribution in [0.5, 0.6) is 5.88 Å². The third kappa shape index (κ3) is 4.03. The molecule has 130 valence electrons. The van der Waals surface area contributed by atoms with Crippen molar-refractivity contribution < 1.29 is 9.26 Å². The molecular weight excluding hydrogens is 374 g/mol. The fraction of sp³-hybridized carbons (Fsp3) is 0.625. The van der Waals surface area contributed by atoms with Gasteiger partial charge in [-0.25, -0.2) is 9.97 Å². The van der Waals surface area contributed by atoms with Crippen LogP contribution in [0, 0.1) is 5.92 Å².